The van der Waals surface area contributed by atoms with Crippen LogP contribution >= 0.6 is 11.6 Å². The van der Waals surface area contributed by atoms with Crippen molar-refractivity contribution in [1.82, 2.24) is 8.61 Å². The predicted molar refractivity (Wildman–Crippen MR) is 170 cm³/mol. The largest absolute Gasteiger partial charge is 0.299 e. The van der Waals surface area contributed by atoms with Crippen molar-refractivity contribution >= 4 is 37.4 Å². The van der Waals surface area contributed by atoms with E-state index in [4.69, 9.17) is 11.6 Å². The van der Waals surface area contributed by atoms with Gasteiger partial charge in [0, 0.05) is 29.9 Å². The Morgan fingerprint density at radius 3 is 1.75 bits per heavy atom. The highest BCUT2D eigenvalue weighted by molar-refractivity contribution is 7.89. The first-order valence-corrected chi connectivity index (χ1v) is 17.7. The first-order valence-electron chi connectivity index (χ1n) is 14.5. The van der Waals surface area contributed by atoms with Crippen molar-refractivity contribution in [2.75, 3.05) is 6.54 Å². The number of carbonyl (C=O) groups is 1. The molecule has 0 amide bonds. The molecule has 7 nitrogen and oxygen atoms in total. The summed E-state index contributed by atoms with van der Waals surface area (Å²) in [6.07, 6.45) is 0.0395. The second-order valence-electron chi connectivity index (χ2n) is 11.6. The molecule has 10 heteroatoms. The molecule has 0 radical (unpaired) electrons. The minimum Gasteiger partial charge on any atom is -0.299 e. The average molecular weight is 649 g/mol. The monoisotopic (exact) mass is 648 g/mol. The summed E-state index contributed by atoms with van der Waals surface area (Å²) in [5.74, 6) is -1.00. The lowest BCUT2D eigenvalue weighted by atomic mass is 9.77. The Hall–Kier alpha value is -3.34. The Kier molecular flexibility index (Phi) is 8.28. The zero-order valence-corrected chi connectivity index (χ0v) is 26.8. The van der Waals surface area contributed by atoms with E-state index in [1.54, 1.807) is 72.8 Å². The van der Waals surface area contributed by atoms with Crippen molar-refractivity contribution in [3.63, 3.8) is 0 Å². The van der Waals surface area contributed by atoms with Gasteiger partial charge >= 0.3 is 0 Å². The van der Waals surface area contributed by atoms with E-state index < -0.39 is 44.1 Å². The molecule has 44 heavy (non-hydrogen) atoms. The normalized spacial score (nSPS) is 23.3. The van der Waals surface area contributed by atoms with Crippen LogP contribution < -0.4 is 0 Å². The molecule has 2 fully saturated rings. The molecule has 0 saturated carbocycles. The van der Waals surface area contributed by atoms with Crippen molar-refractivity contribution in [3.05, 3.63) is 130 Å². The molecule has 6 rings (SSSR count). The summed E-state index contributed by atoms with van der Waals surface area (Å²) in [5.41, 5.74) is 3.23. The number of benzene rings is 4. The summed E-state index contributed by atoms with van der Waals surface area (Å²) in [6, 6.07) is 27.1. The lowest BCUT2D eigenvalue weighted by molar-refractivity contribution is -0.132. The third-order valence-corrected chi connectivity index (χ3v) is 12.8. The lowest BCUT2D eigenvalue weighted by Gasteiger charge is -2.51. The second kappa shape index (κ2) is 11.9. The molecule has 0 unspecified atom stereocenters. The Balaban J connectivity index is 1.50. The van der Waals surface area contributed by atoms with Gasteiger partial charge in [-0.1, -0.05) is 89.5 Å². The van der Waals surface area contributed by atoms with E-state index >= 15 is 0 Å². The van der Waals surface area contributed by atoms with Gasteiger partial charge in [0.15, 0.2) is 0 Å². The van der Waals surface area contributed by atoms with E-state index in [2.05, 4.69) is 0 Å². The maximum atomic E-state index is 14.5. The van der Waals surface area contributed by atoms with E-state index in [0.29, 0.717) is 16.1 Å². The molecule has 0 aliphatic carbocycles. The molecule has 2 saturated heterocycles. The van der Waals surface area contributed by atoms with Crippen LogP contribution in [0.25, 0.3) is 0 Å². The zero-order chi connectivity index (χ0) is 31.2. The van der Waals surface area contributed by atoms with Gasteiger partial charge in [-0.05, 0) is 67.8 Å². The van der Waals surface area contributed by atoms with Gasteiger partial charge in [-0.15, -0.1) is 0 Å². The molecule has 4 atom stereocenters. The summed E-state index contributed by atoms with van der Waals surface area (Å²) >= 11 is 6.20. The van der Waals surface area contributed by atoms with Crippen LogP contribution in [0.1, 0.15) is 47.2 Å². The molecule has 0 spiro atoms. The zero-order valence-electron chi connectivity index (χ0n) is 24.4. The van der Waals surface area contributed by atoms with Crippen LogP contribution in [0.5, 0.6) is 0 Å². The van der Waals surface area contributed by atoms with Crippen LogP contribution in [0.2, 0.25) is 5.02 Å². The molecule has 2 heterocycles. The van der Waals surface area contributed by atoms with E-state index in [9.17, 15) is 21.6 Å². The SMILES string of the molecule is Cc1ccc(S(=O)(=O)N2C[C@H]3C(=O)C[C@@H](c4ccccc4)N(S(=O)(=O)c4ccc(C)cc4)[C@H]3C[C@H]2c2ccc(Cl)cc2)cc1. The number of fused-ring (bicyclic) bond motifs is 1. The number of aryl methyl sites for hydroxylation is 2. The molecule has 2 aliphatic rings. The molecule has 4 aromatic carbocycles. The minimum atomic E-state index is -4.10. The predicted octanol–water partition coefficient (Wildman–Crippen LogP) is 6.48. The summed E-state index contributed by atoms with van der Waals surface area (Å²) in [5, 5.41) is 0.496. The first-order chi connectivity index (χ1) is 21.0. The van der Waals surface area contributed by atoms with Gasteiger partial charge in [0.1, 0.15) is 5.78 Å². The van der Waals surface area contributed by atoms with Gasteiger partial charge in [0.25, 0.3) is 0 Å². The fourth-order valence-corrected chi connectivity index (χ4v) is 10.1. The molecule has 0 bridgehead atoms. The number of ketones is 1. The number of rotatable bonds is 6. The molecule has 2 aliphatic heterocycles. The number of piperidine rings is 2. The fraction of sp³-hybridized carbons (Fsp3) is 0.265. The topological polar surface area (TPSA) is 91.8 Å². The number of Topliss-reactive ketones (excluding diaryl/α,β-unsaturated/α-hetero) is 1. The highest BCUT2D eigenvalue weighted by atomic mass is 35.5. The van der Waals surface area contributed by atoms with Crippen molar-refractivity contribution in [1.29, 1.82) is 0 Å². The standard InChI is InChI=1S/C34H33ClN2O5S2/c1-23-8-16-28(17-9-23)43(39,40)36-22-30-33(20-31(36)26-12-14-27(35)15-13-26)37(44(41,42)29-18-10-24(2)11-19-29)32(21-34(30)38)25-6-4-3-5-7-25/h3-19,30-33H,20-22H2,1-2H3/t30-,31+,32+,33+/m1/s1. The van der Waals surface area contributed by atoms with E-state index in [0.717, 1.165) is 11.1 Å². The van der Waals surface area contributed by atoms with E-state index in [1.807, 2.05) is 44.2 Å². The molecule has 4 aromatic rings. The Morgan fingerprint density at radius 1 is 0.659 bits per heavy atom. The molecule has 228 valence electrons. The summed E-state index contributed by atoms with van der Waals surface area (Å²) < 4.78 is 60.3. The van der Waals surface area contributed by atoms with Crippen LogP contribution in [0.15, 0.2) is 113 Å². The molecular weight excluding hydrogens is 616 g/mol. The summed E-state index contributed by atoms with van der Waals surface area (Å²) in [6.45, 7) is 3.62. The number of hydrogen-bond donors (Lipinski definition) is 0. The molecule has 0 aromatic heterocycles. The van der Waals surface area contributed by atoms with Crippen LogP contribution in [0.4, 0.5) is 0 Å². The highest BCUT2D eigenvalue weighted by Gasteiger charge is 2.54. The Labute approximate surface area is 264 Å². The van der Waals surface area contributed by atoms with Crippen molar-refractivity contribution < 1.29 is 21.6 Å². The smallest absolute Gasteiger partial charge is 0.243 e. The van der Waals surface area contributed by atoms with Gasteiger partial charge in [-0.2, -0.15) is 8.61 Å². The number of nitrogens with zero attached hydrogens (tertiary/aromatic N) is 2. The quantitative estimate of drug-likeness (QED) is 0.239. The number of carbonyl (C=O) groups excluding carboxylic acids is 1. The number of hydrogen-bond acceptors (Lipinski definition) is 5. The maximum Gasteiger partial charge on any atom is 0.243 e. The highest BCUT2D eigenvalue weighted by Crippen LogP contribution is 2.48. The Bertz CT molecular complexity index is 1880. The summed E-state index contributed by atoms with van der Waals surface area (Å²) in [4.78, 5) is 14.2. The van der Waals surface area contributed by atoms with Crippen LogP contribution in [0, 0.1) is 19.8 Å². The van der Waals surface area contributed by atoms with Crippen molar-refractivity contribution in [2.24, 2.45) is 5.92 Å². The Morgan fingerprint density at radius 2 is 1.18 bits per heavy atom. The van der Waals surface area contributed by atoms with Crippen molar-refractivity contribution in [3.8, 4) is 0 Å². The molecule has 0 N–H and O–H groups in total. The molecular formula is C34H33ClN2O5S2. The van der Waals surface area contributed by atoms with E-state index in [1.165, 1.54) is 8.61 Å². The van der Waals surface area contributed by atoms with Gasteiger partial charge < -0.3 is 0 Å². The van der Waals surface area contributed by atoms with Gasteiger partial charge in [-0.25, -0.2) is 16.8 Å². The number of sulfonamides is 2. The average Bonchev–Trinajstić information content (AvgIpc) is 3.01. The van der Waals surface area contributed by atoms with Gasteiger partial charge in [0.2, 0.25) is 20.0 Å². The van der Waals surface area contributed by atoms with Crippen molar-refractivity contribution in [2.45, 2.75) is 54.6 Å². The summed E-state index contributed by atoms with van der Waals surface area (Å²) in [7, 11) is -8.16. The van der Waals surface area contributed by atoms with Gasteiger partial charge in [-0.3, -0.25) is 4.79 Å². The minimum absolute atomic E-state index is 0.0553. The van der Waals surface area contributed by atoms with Crippen LogP contribution in [0.3, 0.4) is 0 Å². The lowest BCUT2D eigenvalue weighted by Crippen LogP contribution is -2.60. The van der Waals surface area contributed by atoms with Gasteiger partial charge in [0.05, 0.1) is 21.9 Å². The van der Waals surface area contributed by atoms with Crippen LogP contribution in [-0.4, -0.2) is 43.8 Å². The third-order valence-electron chi connectivity index (χ3n) is 8.76. The van der Waals surface area contributed by atoms with Crippen LogP contribution in [-0.2, 0) is 24.8 Å². The first kappa shape index (κ1) is 30.7. The second-order valence-corrected chi connectivity index (χ2v) is 15.8. The fourth-order valence-electron chi connectivity index (χ4n) is 6.43. The van der Waals surface area contributed by atoms with E-state index in [-0.39, 0.29) is 35.0 Å². The number of halogens is 1. The third kappa shape index (κ3) is 5.63. The maximum absolute atomic E-state index is 14.5.